The van der Waals surface area contributed by atoms with Crippen molar-refractivity contribution >= 4 is 15.9 Å². The molecule has 1 saturated carbocycles. The molecular weight excluding hydrogens is 284 g/mol. The Morgan fingerprint density at radius 1 is 1.06 bits per heavy atom. The first-order valence-electron chi connectivity index (χ1n) is 7.20. The van der Waals surface area contributed by atoms with Crippen LogP contribution in [0.4, 0.5) is 0 Å². The number of halogens is 1. The van der Waals surface area contributed by atoms with Gasteiger partial charge >= 0.3 is 0 Å². The van der Waals surface area contributed by atoms with Crippen molar-refractivity contribution in [1.82, 2.24) is 0 Å². The third-order valence-electron chi connectivity index (χ3n) is 4.13. The zero-order chi connectivity index (χ0) is 13.2. The highest BCUT2D eigenvalue weighted by Gasteiger charge is 2.23. The van der Waals surface area contributed by atoms with Crippen LogP contribution in [0.2, 0.25) is 0 Å². The fourth-order valence-corrected chi connectivity index (χ4v) is 3.61. The minimum Gasteiger partial charge on any atom is -0.0888 e. The van der Waals surface area contributed by atoms with Crippen molar-refractivity contribution in [3.05, 3.63) is 35.4 Å². The van der Waals surface area contributed by atoms with Crippen molar-refractivity contribution in [2.24, 2.45) is 5.92 Å². The van der Waals surface area contributed by atoms with E-state index in [2.05, 4.69) is 61.0 Å². The van der Waals surface area contributed by atoms with E-state index in [1.165, 1.54) is 43.2 Å². The summed E-state index contributed by atoms with van der Waals surface area (Å²) in [4.78, 5) is 0.730. The topological polar surface area (TPSA) is 0 Å². The summed E-state index contributed by atoms with van der Waals surface area (Å²) in [6, 6.07) is 9.27. The number of benzene rings is 1. The van der Waals surface area contributed by atoms with Gasteiger partial charge in [-0.2, -0.15) is 0 Å². The molecule has 1 aliphatic rings. The molecule has 1 heteroatoms. The summed E-state index contributed by atoms with van der Waals surface area (Å²) >= 11 is 3.86. The largest absolute Gasteiger partial charge is 0.0888 e. The molecule has 0 radical (unpaired) electrons. The first kappa shape index (κ1) is 14.1. The van der Waals surface area contributed by atoms with Gasteiger partial charge in [0.2, 0.25) is 0 Å². The number of hydrogen-bond acceptors (Lipinski definition) is 0. The van der Waals surface area contributed by atoms with Crippen molar-refractivity contribution in [1.29, 1.82) is 0 Å². The van der Waals surface area contributed by atoms with Crippen LogP contribution in [0.1, 0.15) is 57.6 Å². The van der Waals surface area contributed by atoms with Crippen molar-refractivity contribution in [3.63, 3.8) is 0 Å². The summed E-state index contributed by atoms with van der Waals surface area (Å²) in [6.45, 7) is 6.83. The first-order chi connectivity index (χ1) is 8.47. The van der Waals surface area contributed by atoms with E-state index in [-0.39, 0.29) is 5.41 Å². The van der Waals surface area contributed by atoms with Crippen LogP contribution in [0.3, 0.4) is 0 Å². The van der Waals surface area contributed by atoms with Crippen LogP contribution in [0.5, 0.6) is 0 Å². The van der Waals surface area contributed by atoms with Crippen LogP contribution < -0.4 is 0 Å². The molecule has 0 nitrogen and oxygen atoms in total. The minimum absolute atomic E-state index is 0.265. The maximum absolute atomic E-state index is 3.86. The second-order valence-corrected chi connectivity index (χ2v) is 7.89. The molecule has 2 rings (SSSR count). The van der Waals surface area contributed by atoms with Gasteiger partial charge in [0.25, 0.3) is 0 Å². The maximum Gasteiger partial charge on any atom is 0.0177 e. The normalized spacial score (nSPS) is 25.1. The zero-order valence-electron chi connectivity index (χ0n) is 11.9. The lowest BCUT2D eigenvalue weighted by Gasteiger charge is -2.27. The van der Waals surface area contributed by atoms with Crippen LogP contribution >= 0.6 is 15.9 Å². The van der Waals surface area contributed by atoms with Crippen LogP contribution in [0.25, 0.3) is 0 Å². The molecule has 0 amide bonds. The Morgan fingerprint density at radius 2 is 1.67 bits per heavy atom. The van der Waals surface area contributed by atoms with E-state index in [9.17, 15) is 0 Å². The summed E-state index contributed by atoms with van der Waals surface area (Å²) in [5.74, 6) is 0.833. The average molecular weight is 309 g/mol. The quantitative estimate of drug-likeness (QED) is 0.635. The molecule has 0 bridgehead atoms. The highest BCUT2D eigenvalue weighted by Crippen LogP contribution is 2.32. The Labute approximate surface area is 120 Å². The number of alkyl halides is 1. The molecule has 0 heterocycles. The van der Waals surface area contributed by atoms with E-state index in [0.717, 1.165) is 10.7 Å². The van der Waals surface area contributed by atoms with Crippen LogP contribution in [0, 0.1) is 5.92 Å². The van der Waals surface area contributed by atoms with Gasteiger partial charge in [-0.1, -0.05) is 73.8 Å². The molecule has 18 heavy (non-hydrogen) atoms. The maximum atomic E-state index is 3.86. The van der Waals surface area contributed by atoms with Gasteiger partial charge in [-0.15, -0.1) is 0 Å². The molecule has 2 atom stereocenters. The van der Waals surface area contributed by atoms with Crippen molar-refractivity contribution in [3.8, 4) is 0 Å². The van der Waals surface area contributed by atoms with E-state index in [1.54, 1.807) is 0 Å². The molecule has 100 valence electrons. The molecule has 0 spiro atoms. The van der Waals surface area contributed by atoms with Gasteiger partial charge in [-0.25, -0.2) is 0 Å². The summed E-state index contributed by atoms with van der Waals surface area (Å²) in [5, 5.41) is 0. The summed E-state index contributed by atoms with van der Waals surface area (Å²) in [6.07, 6.45) is 6.78. The van der Waals surface area contributed by atoms with Gasteiger partial charge in [0.05, 0.1) is 0 Å². The molecule has 1 aliphatic carbocycles. The number of hydrogen-bond donors (Lipinski definition) is 0. The molecule has 1 fully saturated rings. The highest BCUT2D eigenvalue weighted by molar-refractivity contribution is 9.09. The second kappa shape index (κ2) is 5.77. The molecule has 1 aromatic rings. The zero-order valence-corrected chi connectivity index (χ0v) is 13.5. The molecule has 1 aromatic carbocycles. The Morgan fingerprint density at radius 3 is 2.22 bits per heavy atom. The molecule has 0 aromatic heterocycles. The molecule has 0 saturated heterocycles. The standard InChI is InChI=1S/C17H25Br/c1-17(2,3)15-10-8-13(9-11-15)12-14-6-4-5-7-16(14)18/h8-11,14,16H,4-7,12H2,1-3H3. The van der Waals surface area contributed by atoms with E-state index < -0.39 is 0 Å². The lowest BCUT2D eigenvalue weighted by molar-refractivity contribution is 0.373. The van der Waals surface area contributed by atoms with E-state index in [4.69, 9.17) is 0 Å². The lowest BCUT2D eigenvalue weighted by Crippen LogP contribution is -2.21. The summed E-state index contributed by atoms with van der Waals surface area (Å²) in [7, 11) is 0. The van der Waals surface area contributed by atoms with E-state index in [0.29, 0.717) is 0 Å². The van der Waals surface area contributed by atoms with Gasteiger partial charge in [-0.3, -0.25) is 0 Å². The Hall–Kier alpha value is -0.300. The molecular formula is C17H25Br. The first-order valence-corrected chi connectivity index (χ1v) is 8.12. The van der Waals surface area contributed by atoms with E-state index >= 15 is 0 Å². The summed E-state index contributed by atoms with van der Waals surface area (Å²) < 4.78 is 0. The van der Waals surface area contributed by atoms with Crippen LogP contribution in [0.15, 0.2) is 24.3 Å². The van der Waals surface area contributed by atoms with Crippen molar-refractivity contribution in [2.45, 2.75) is 63.1 Å². The molecule has 2 unspecified atom stereocenters. The Kier molecular flexibility index (Phi) is 4.53. The fourth-order valence-electron chi connectivity index (χ4n) is 2.84. The molecule has 0 N–H and O–H groups in total. The average Bonchev–Trinajstić information content (AvgIpc) is 2.32. The Bertz CT molecular complexity index is 372. The smallest absolute Gasteiger partial charge is 0.0177 e. The number of rotatable bonds is 2. The monoisotopic (exact) mass is 308 g/mol. The van der Waals surface area contributed by atoms with Gasteiger partial charge in [-0.05, 0) is 41.7 Å². The fraction of sp³-hybridized carbons (Fsp3) is 0.647. The molecule has 0 aliphatic heterocycles. The van der Waals surface area contributed by atoms with Crippen molar-refractivity contribution < 1.29 is 0 Å². The van der Waals surface area contributed by atoms with Gasteiger partial charge in [0.1, 0.15) is 0 Å². The van der Waals surface area contributed by atoms with Gasteiger partial charge in [0.15, 0.2) is 0 Å². The van der Waals surface area contributed by atoms with E-state index in [1.807, 2.05) is 0 Å². The second-order valence-electron chi connectivity index (χ2n) is 6.71. The Balaban J connectivity index is 2.02. The lowest BCUT2D eigenvalue weighted by atomic mass is 9.83. The SMILES string of the molecule is CC(C)(C)c1ccc(CC2CCCCC2Br)cc1. The van der Waals surface area contributed by atoms with Crippen LogP contribution in [-0.2, 0) is 11.8 Å². The predicted molar refractivity (Wildman–Crippen MR) is 83.5 cm³/mol. The highest BCUT2D eigenvalue weighted by atomic mass is 79.9. The van der Waals surface area contributed by atoms with Crippen molar-refractivity contribution in [2.75, 3.05) is 0 Å². The minimum atomic E-state index is 0.265. The van der Waals surface area contributed by atoms with Gasteiger partial charge < -0.3 is 0 Å². The van der Waals surface area contributed by atoms with Crippen LogP contribution in [-0.4, -0.2) is 4.83 Å². The third kappa shape index (κ3) is 3.60. The third-order valence-corrected chi connectivity index (χ3v) is 5.34. The van der Waals surface area contributed by atoms with Gasteiger partial charge in [0, 0.05) is 4.83 Å². The predicted octanol–water partition coefficient (Wildman–Crippen LogP) is 5.48. The summed E-state index contributed by atoms with van der Waals surface area (Å²) in [5.41, 5.74) is 3.20.